The van der Waals surface area contributed by atoms with Crippen molar-refractivity contribution in [2.75, 3.05) is 13.1 Å². The molecule has 1 unspecified atom stereocenters. The molecule has 0 aliphatic carbocycles. The van der Waals surface area contributed by atoms with Crippen LogP contribution >= 0.6 is 15.9 Å². The molecule has 1 aliphatic rings. The summed E-state index contributed by atoms with van der Waals surface area (Å²) in [6, 6.07) is 8.12. The van der Waals surface area contributed by atoms with Gasteiger partial charge in [-0.3, -0.25) is 9.59 Å². The van der Waals surface area contributed by atoms with Gasteiger partial charge in [-0.15, -0.1) is 0 Å². The molecule has 22 heavy (non-hydrogen) atoms. The number of piperidine rings is 1. The minimum Gasteiger partial charge on any atom is -0.349 e. The van der Waals surface area contributed by atoms with E-state index in [1.165, 1.54) is 0 Å². The summed E-state index contributed by atoms with van der Waals surface area (Å²) < 4.78 is 1.03. The van der Waals surface area contributed by atoms with E-state index < -0.39 is 0 Å². The Hall–Kier alpha value is -1.36. The van der Waals surface area contributed by atoms with Crippen molar-refractivity contribution >= 4 is 27.7 Å². The van der Waals surface area contributed by atoms with E-state index in [1.54, 1.807) is 6.92 Å². The molecule has 0 spiro atoms. The molecule has 0 radical (unpaired) electrons. The summed E-state index contributed by atoms with van der Waals surface area (Å²) in [4.78, 5) is 25.3. The second kappa shape index (κ2) is 7.77. The highest BCUT2D eigenvalue weighted by Crippen LogP contribution is 2.31. The summed E-state index contributed by atoms with van der Waals surface area (Å²) in [5.41, 5.74) is 1.12. The average molecular weight is 367 g/mol. The second-order valence-corrected chi connectivity index (χ2v) is 6.72. The van der Waals surface area contributed by atoms with Crippen LogP contribution in [0.4, 0.5) is 0 Å². The molecule has 1 aromatic rings. The second-order valence-electron chi connectivity index (χ2n) is 5.80. The van der Waals surface area contributed by atoms with Crippen LogP contribution in [0.3, 0.4) is 0 Å². The number of nitrogens with one attached hydrogen (secondary N) is 1. The van der Waals surface area contributed by atoms with Gasteiger partial charge >= 0.3 is 0 Å². The molecule has 2 amide bonds. The van der Waals surface area contributed by atoms with Crippen molar-refractivity contribution < 1.29 is 9.59 Å². The van der Waals surface area contributed by atoms with Gasteiger partial charge in [0.25, 0.3) is 0 Å². The van der Waals surface area contributed by atoms with Gasteiger partial charge in [0.15, 0.2) is 0 Å². The fourth-order valence-electron chi connectivity index (χ4n) is 3.07. The van der Waals surface area contributed by atoms with Gasteiger partial charge in [0.1, 0.15) is 0 Å². The van der Waals surface area contributed by atoms with E-state index in [4.69, 9.17) is 0 Å². The normalized spacial score (nSPS) is 17.1. The van der Waals surface area contributed by atoms with Crippen LogP contribution in [0, 0.1) is 5.92 Å². The van der Waals surface area contributed by atoms with Crippen LogP contribution < -0.4 is 5.32 Å². The monoisotopic (exact) mass is 366 g/mol. The standard InChI is InChI=1S/C17H23BrN2O2/c1-3-16(22)20-10-8-14(9-11-20)17(19-12(2)21)13-4-6-15(18)7-5-13/h4-7,14,17H,3,8-11H2,1-2H3,(H,19,21). The molecule has 1 heterocycles. The first-order valence-electron chi connectivity index (χ1n) is 7.81. The number of carbonyl (C=O) groups excluding carboxylic acids is 2. The number of halogens is 1. The van der Waals surface area contributed by atoms with Gasteiger partial charge in [-0.2, -0.15) is 0 Å². The minimum absolute atomic E-state index is 0.0139. The highest BCUT2D eigenvalue weighted by molar-refractivity contribution is 9.10. The van der Waals surface area contributed by atoms with Gasteiger partial charge < -0.3 is 10.2 Å². The molecule has 1 aromatic carbocycles. The Kier molecular flexibility index (Phi) is 6.00. The van der Waals surface area contributed by atoms with Crippen molar-refractivity contribution in [3.05, 3.63) is 34.3 Å². The summed E-state index contributed by atoms with van der Waals surface area (Å²) in [5.74, 6) is 0.573. The van der Waals surface area contributed by atoms with Gasteiger partial charge in [-0.25, -0.2) is 0 Å². The lowest BCUT2D eigenvalue weighted by Gasteiger charge is -2.36. The first-order chi connectivity index (χ1) is 10.5. The lowest BCUT2D eigenvalue weighted by Crippen LogP contribution is -2.42. The van der Waals surface area contributed by atoms with Gasteiger partial charge in [0, 0.05) is 30.9 Å². The number of amides is 2. The lowest BCUT2D eigenvalue weighted by atomic mass is 9.85. The van der Waals surface area contributed by atoms with Crippen molar-refractivity contribution in [2.24, 2.45) is 5.92 Å². The molecular formula is C17H23BrN2O2. The van der Waals surface area contributed by atoms with Crippen LogP contribution in [0.1, 0.15) is 44.7 Å². The van der Waals surface area contributed by atoms with E-state index in [1.807, 2.05) is 36.1 Å². The van der Waals surface area contributed by atoms with Crippen molar-refractivity contribution in [1.82, 2.24) is 10.2 Å². The molecular weight excluding hydrogens is 344 g/mol. The largest absolute Gasteiger partial charge is 0.349 e. The fraction of sp³-hybridized carbons (Fsp3) is 0.529. The molecule has 0 aromatic heterocycles. The molecule has 0 saturated carbocycles. The van der Waals surface area contributed by atoms with Crippen LogP contribution in [-0.4, -0.2) is 29.8 Å². The van der Waals surface area contributed by atoms with E-state index in [0.29, 0.717) is 12.3 Å². The van der Waals surface area contributed by atoms with Crippen LogP contribution in [0.2, 0.25) is 0 Å². The first kappa shape index (κ1) is 17.0. The number of benzene rings is 1. The molecule has 5 heteroatoms. The Morgan fingerprint density at radius 3 is 2.36 bits per heavy atom. The predicted octanol–water partition coefficient (Wildman–Crippen LogP) is 3.27. The molecule has 1 aliphatic heterocycles. The topological polar surface area (TPSA) is 49.4 Å². The SMILES string of the molecule is CCC(=O)N1CCC(C(NC(C)=O)c2ccc(Br)cc2)CC1. The Bertz CT molecular complexity index is 522. The quantitative estimate of drug-likeness (QED) is 0.888. The number of nitrogens with zero attached hydrogens (tertiary/aromatic N) is 1. The van der Waals surface area contributed by atoms with E-state index in [9.17, 15) is 9.59 Å². The minimum atomic E-state index is -0.0139. The molecule has 1 N–H and O–H groups in total. The van der Waals surface area contributed by atoms with Crippen LogP contribution in [0.15, 0.2) is 28.7 Å². The number of rotatable bonds is 4. The molecule has 0 bridgehead atoms. The Morgan fingerprint density at radius 2 is 1.86 bits per heavy atom. The van der Waals surface area contributed by atoms with Crippen molar-refractivity contribution in [3.8, 4) is 0 Å². The summed E-state index contributed by atoms with van der Waals surface area (Å²) >= 11 is 3.44. The Labute approximate surface area is 140 Å². The maximum absolute atomic E-state index is 11.8. The van der Waals surface area contributed by atoms with E-state index in [0.717, 1.165) is 36.0 Å². The smallest absolute Gasteiger partial charge is 0.222 e. The van der Waals surface area contributed by atoms with E-state index in [2.05, 4.69) is 21.2 Å². The summed E-state index contributed by atoms with van der Waals surface area (Å²) in [7, 11) is 0. The Balaban J connectivity index is 2.09. The zero-order valence-electron chi connectivity index (χ0n) is 13.1. The van der Waals surface area contributed by atoms with Crippen molar-refractivity contribution in [3.63, 3.8) is 0 Å². The maximum atomic E-state index is 11.8. The highest BCUT2D eigenvalue weighted by Gasteiger charge is 2.29. The summed E-state index contributed by atoms with van der Waals surface area (Å²) in [6.07, 6.45) is 2.41. The number of hydrogen-bond donors (Lipinski definition) is 1. The Morgan fingerprint density at radius 1 is 1.27 bits per heavy atom. The van der Waals surface area contributed by atoms with Gasteiger partial charge in [0.2, 0.25) is 11.8 Å². The third-order valence-corrected chi connectivity index (χ3v) is 4.78. The van der Waals surface area contributed by atoms with Crippen molar-refractivity contribution in [2.45, 2.75) is 39.2 Å². The lowest BCUT2D eigenvalue weighted by molar-refractivity contribution is -0.132. The zero-order valence-corrected chi connectivity index (χ0v) is 14.7. The molecule has 2 rings (SSSR count). The number of hydrogen-bond acceptors (Lipinski definition) is 2. The summed E-state index contributed by atoms with van der Waals surface area (Å²) in [5, 5.41) is 3.09. The fourth-order valence-corrected chi connectivity index (χ4v) is 3.33. The van der Waals surface area contributed by atoms with E-state index >= 15 is 0 Å². The zero-order chi connectivity index (χ0) is 16.1. The number of carbonyl (C=O) groups is 2. The van der Waals surface area contributed by atoms with Gasteiger partial charge in [-0.05, 0) is 36.5 Å². The molecule has 1 atom stereocenters. The van der Waals surface area contributed by atoms with Gasteiger partial charge in [-0.1, -0.05) is 35.0 Å². The van der Waals surface area contributed by atoms with Crippen LogP contribution in [0.25, 0.3) is 0 Å². The maximum Gasteiger partial charge on any atom is 0.222 e. The molecule has 1 saturated heterocycles. The summed E-state index contributed by atoms with van der Waals surface area (Å²) in [6.45, 7) is 5.02. The first-order valence-corrected chi connectivity index (χ1v) is 8.61. The van der Waals surface area contributed by atoms with Crippen molar-refractivity contribution in [1.29, 1.82) is 0 Å². The molecule has 1 fully saturated rings. The van der Waals surface area contributed by atoms with E-state index in [-0.39, 0.29) is 17.9 Å². The highest BCUT2D eigenvalue weighted by atomic mass is 79.9. The molecule has 120 valence electrons. The van der Waals surface area contributed by atoms with Crippen LogP contribution in [0.5, 0.6) is 0 Å². The average Bonchev–Trinajstić information content (AvgIpc) is 2.53. The third kappa shape index (κ3) is 4.32. The van der Waals surface area contributed by atoms with Gasteiger partial charge in [0.05, 0.1) is 6.04 Å². The predicted molar refractivity (Wildman–Crippen MR) is 90.3 cm³/mol. The number of likely N-dealkylation sites (tertiary alicyclic amines) is 1. The van der Waals surface area contributed by atoms with Crippen LogP contribution in [-0.2, 0) is 9.59 Å². The third-order valence-electron chi connectivity index (χ3n) is 4.25. The molecule has 4 nitrogen and oxygen atoms in total.